The van der Waals surface area contributed by atoms with E-state index in [1.165, 1.54) is 11.1 Å². The van der Waals surface area contributed by atoms with Crippen LogP contribution in [0.5, 0.6) is 0 Å². The summed E-state index contributed by atoms with van der Waals surface area (Å²) in [4.78, 5) is 0. The largest absolute Gasteiger partial charge is 0.421 e. The van der Waals surface area contributed by atoms with Gasteiger partial charge in [-0.05, 0) is 29.9 Å². The van der Waals surface area contributed by atoms with Gasteiger partial charge in [0.1, 0.15) is 0 Å². The van der Waals surface area contributed by atoms with E-state index in [1.54, 1.807) is 0 Å². The topological polar surface area (TPSA) is 38.9 Å². The molecule has 3 nitrogen and oxygen atoms in total. The Bertz CT molecular complexity index is 478. The van der Waals surface area contributed by atoms with Gasteiger partial charge in [0.15, 0.2) is 0 Å². The van der Waals surface area contributed by atoms with Crippen LogP contribution in [0.4, 0.5) is 0 Å². The number of allylic oxidation sites excluding steroid dienone is 4. The van der Waals surface area contributed by atoms with E-state index in [1.807, 2.05) is 6.92 Å². The molecule has 1 aromatic rings. The quantitative estimate of drug-likeness (QED) is 0.796. The van der Waals surface area contributed by atoms with E-state index in [4.69, 9.17) is 4.42 Å². The SMILES string of the molecule is Cc1nnc(C2=CC(C(C)C)=C(C(C)C)C2)o1. The molecule has 1 aliphatic rings. The Morgan fingerprint density at radius 3 is 2.24 bits per heavy atom. The van der Waals surface area contributed by atoms with Gasteiger partial charge in [-0.3, -0.25) is 0 Å². The summed E-state index contributed by atoms with van der Waals surface area (Å²) in [7, 11) is 0. The molecule has 0 spiro atoms. The Balaban J connectivity index is 2.30. The minimum absolute atomic E-state index is 0.550. The molecule has 0 saturated heterocycles. The van der Waals surface area contributed by atoms with E-state index in [-0.39, 0.29) is 0 Å². The fourth-order valence-electron chi connectivity index (χ4n) is 2.28. The summed E-state index contributed by atoms with van der Waals surface area (Å²) in [5.41, 5.74) is 4.11. The molecular formula is C14H20N2O. The predicted octanol–water partition coefficient (Wildman–Crippen LogP) is 3.77. The van der Waals surface area contributed by atoms with E-state index in [2.05, 4.69) is 44.0 Å². The molecular weight excluding hydrogens is 212 g/mol. The standard InChI is InChI=1S/C14H20N2O/c1-8(2)12-6-11(7-13(12)9(3)4)14-16-15-10(5)17-14/h6,8-9H,7H2,1-5H3. The van der Waals surface area contributed by atoms with E-state index in [0.717, 1.165) is 12.0 Å². The maximum absolute atomic E-state index is 5.51. The van der Waals surface area contributed by atoms with Crippen LogP contribution in [0.15, 0.2) is 21.6 Å². The van der Waals surface area contributed by atoms with Gasteiger partial charge in [-0.1, -0.05) is 33.3 Å². The number of rotatable bonds is 3. The van der Waals surface area contributed by atoms with Crippen LogP contribution in [0.25, 0.3) is 5.57 Å². The second-order valence-electron chi connectivity index (χ2n) is 5.26. The van der Waals surface area contributed by atoms with Gasteiger partial charge in [-0.25, -0.2) is 0 Å². The van der Waals surface area contributed by atoms with Crippen LogP contribution in [0.3, 0.4) is 0 Å². The molecule has 17 heavy (non-hydrogen) atoms. The minimum atomic E-state index is 0.550. The minimum Gasteiger partial charge on any atom is -0.421 e. The van der Waals surface area contributed by atoms with Gasteiger partial charge in [0.05, 0.1) is 0 Å². The number of aromatic nitrogens is 2. The molecule has 0 aliphatic heterocycles. The molecule has 2 rings (SSSR count). The monoisotopic (exact) mass is 232 g/mol. The van der Waals surface area contributed by atoms with Gasteiger partial charge >= 0.3 is 0 Å². The van der Waals surface area contributed by atoms with Crippen LogP contribution in [0.2, 0.25) is 0 Å². The lowest BCUT2D eigenvalue weighted by Crippen LogP contribution is -1.99. The van der Waals surface area contributed by atoms with E-state index in [9.17, 15) is 0 Å². The highest BCUT2D eigenvalue weighted by Gasteiger charge is 2.23. The average Bonchev–Trinajstić information content (AvgIpc) is 2.82. The van der Waals surface area contributed by atoms with Gasteiger partial charge in [0, 0.05) is 12.5 Å². The highest BCUT2D eigenvalue weighted by molar-refractivity contribution is 5.70. The van der Waals surface area contributed by atoms with Crippen molar-refractivity contribution in [2.75, 3.05) is 0 Å². The van der Waals surface area contributed by atoms with E-state index >= 15 is 0 Å². The summed E-state index contributed by atoms with van der Waals surface area (Å²) in [6, 6.07) is 0. The van der Waals surface area contributed by atoms with Crippen molar-refractivity contribution in [1.82, 2.24) is 10.2 Å². The number of hydrogen-bond donors (Lipinski definition) is 0. The molecule has 1 aromatic heterocycles. The number of hydrogen-bond acceptors (Lipinski definition) is 3. The molecule has 92 valence electrons. The second kappa shape index (κ2) is 4.47. The second-order valence-corrected chi connectivity index (χ2v) is 5.26. The molecule has 0 saturated carbocycles. The summed E-state index contributed by atoms with van der Waals surface area (Å²) >= 11 is 0. The Kier molecular flexibility index (Phi) is 3.18. The Morgan fingerprint density at radius 2 is 1.82 bits per heavy atom. The van der Waals surface area contributed by atoms with Gasteiger partial charge in [0.25, 0.3) is 0 Å². The zero-order chi connectivity index (χ0) is 12.6. The molecule has 0 amide bonds. The maximum atomic E-state index is 5.51. The van der Waals surface area contributed by atoms with Gasteiger partial charge in [0.2, 0.25) is 11.8 Å². The third kappa shape index (κ3) is 2.33. The normalized spacial score (nSPS) is 16.3. The van der Waals surface area contributed by atoms with Crippen LogP contribution < -0.4 is 0 Å². The molecule has 0 fully saturated rings. The molecule has 0 unspecified atom stereocenters. The third-order valence-corrected chi connectivity index (χ3v) is 3.20. The lowest BCUT2D eigenvalue weighted by Gasteiger charge is -2.13. The number of aryl methyl sites for hydroxylation is 1. The van der Waals surface area contributed by atoms with Crippen LogP contribution in [0.1, 0.15) is 45.9 Å². The zero-order valence-electron chi connectivity index (χ0n) is 11.2. The Hall–Kier alpha value is -1.38. The van der Waals surface area contributed by atoms with Crippen molar-refractivity contribution in [1.29, 1.82) is 0 Å². The summed E-state index contributed by atoms with van der Waals surface area (Å²) < 4.78 is 5.51. The van der Waals surface area contributed by atoms with Crippen molar-refractivity contribution in [3.05, 3.63) is 29.0 Å². The van der Waals surface area contributed by atoms with Crippen molar-refractivity contribution in [2.24, 2.45) is 11.8 Å². The van der Waals surface area contributed by atoms with Gasteiger partial charge < -0.3 is 4.42 Å². The molecule has 1 heterocycles. The molecule has 0 aromatic carbocycles. The predicted molar refractivity (Wildman–Crippen MR) is 68.3 cm³/mol. The zero-order valence-corrected chi connectivity index (χ0v) is 11.2. The van der Waals surface area contributed by atoms with E-state index < -0.39 is 0 Å². The van der Waals surface area contributed by atoms with Crippen LogP contribution in [-0.4, -0.2) is 10.2 Å². The lowest BCUT2D eigenvalue weighted by atomic mass is 9.92. The van der Waals surface area contributed by atoms with Crippen LogP contribution in [-0.2, 0) is 0 Å². The molecule has 0 N–H and O–H groups in total. The van der Waals surface area contributed by atoms with Crippen molar-refractivity contribution in [3.63, 3.8) is 0 Å². The van der Waals surface area contributed by atoms with Gasteiger partial charge in [-0.15, -0.1) is 10.2 Å². The van der Waals surface area contributed by atoms with Crippen molar-refractivity contribution in [2.45, 2.75) is 41.0 Å². The maximum Gasteiger partial charge on any atom is 0.244 e. The van der Waals surface area contributed by atoms with Crippen molar-refractivity contribution >= 4 is 5.57 Å². The van der Waals surface area contributed by atoms with Crippen LogP contribution >= 0.6 is 0 Å². The third-order valence-electron chi connectivity index (χ3n) is 3.20. The molecule has 0 atom stereocenters. The molecule has 1 aliphatic carbocycles. The Morgan fingerprint density at radius 1 is 1.12 bits per heavy atom. The fourth-order valence-corrected chi connectivity index (χ4v) is 2.28. The molecule has 0 radical (unpaired) electrons. The summed E-state index contributed by atoms with van der Waals surface area (Å²) in [5, 5.41) is 8.00. The first-order valence-electron chi connectivity index (χ1n) is 6.23. The summed E-state index contributed by atoms with van der Waals surface area (Å²) in [6.45, 7) is 10.8. The highest BCUT2D eigenvalue weighted by Crippen LogP contribution is 2.38. The Labute approximate surface area is 103 Å². The first kappa shape index (κ1) is 12.1. The fraction of sp³-hybridized carbons (Fsp3) is 0.571. The average molecular weight is 232 g/mol. The van der Waals surface area contributed by atoms with E-state index in [0.29, 0.717) is 23.6 Å². The van der Waals surface area contributed by atoms with Crippen molar-refractivity contribution in [3.8, 4) is 0 Å². The highest BCUT2D eigenvalue weighted by atomic mass is 16.4. The number of nitrogens with zero attached hydrogens (tertiary/aromatic N) is 2. The first-order chi connectivity index (χ1) is 7.99. The lowest BCUT2D eigenvalue weighted by molar-refractivity contribution is 0.504. The van der Waals surface area contributed by atoms with Crippen LogP contribution in [0, 0.1) is 18.8 Å². The van der Waals surface area contributed by atoms with Crippen molar-refractivity contribution < 1.29 is 4.42 Å². The van der Waals surface area contributed by atoms with Gasteiger partial charge in [-0.2, -0.15) is 0 Å². The first-order valence-corrected chi connectivity index (χ1v) is 6.23. The molecule has 3 heteroatoms. The smallest absolute Gasteiger partial charge is 0.244 e. The summed E-state index contributed by atoms with van der Waals surface area (Å²) in [5.74, 6) is 2.43. The summed E-state index contributed by atoms with van der Waals surface area (Å²) in [6.07, 6.45) is 3.18. The molecule has 0 bridgehead atoms.